The molecule has 0 aromatic heterocycles. The van der Waals surface area contributed by atoms with Gasteiger partial charge in [-0.15, -0.1) is 0 Å². The lowest BCUT2D eigenvalue weighted by molar-refractivity contribution is -0.117. The molecule has 0 atom stereocenters. The molecule has 2 heteroatoms. The summed E-state index contributed by atoms with van der Waals surface area (Å²) in [5.74, 6) is 1.09. The van der Waals surface area contributed by atoms with E-state index < -0.39 is 0 Å². The van der Waals surface area contributed by atoms with E-state index in [1.165, 1.54) is 0 Å². The molecule has 0 radical (unpaired) electrons. The molecular formula is C14H18O2. The molecule has 0 heterocycles. The predicted octanol–water partition coefficient (Wildman–Crippen LogP) is 3.47. The second-order valence-corrected chi connectivity index (χ2v) is 3.69. The van der Waals surface area contributed by atoms with Gasteiger partial charge in [-0.2, -0.15) is 0 Å². The molecule has 0 aliphatic rings. The molecule has 1 aromatic carbocycles. The van der Waals surface area contributed by atoms with E-state index in [2.05, 4.69) is 0 Å². The van der Waals surface area contributed by atoms with Crippen LogP contribution in [-0.2, 0) is 4.79 Å². The molecule has 1 rings (SSSR count). The monoisotopic (exact) mass is 218 g/mol. The van der Waals surface area contributed by atoms with Crippen molar-refractivity contribution < 1.29 is 9.53 Å². The van der Waals surface area contributed by atoms with Gasteiger partial charge in [0.15, 0.2) is 0 Å². The minimum Gasteiger partial charge on any atom is -0.493 e. The van der Waals surface area contributed by atoms with Crippen molar-refractivity contribution in [3.05, 3.63) is 35.9 Å². The highest BCUT2D eigenvalue weighted by molar-refractivity contribution is 5.75. The summed E-state index contributed by atoms with van der Waals surface area (Å²) in [5, 5.41) is 0. The summed E-state index contributed by atoms with van der Waals surface area (Å²) >= 11 is 0. The van der Waals surface area contributed by atoms with Crippen molar-refractivity contribution in [1.29, 1.82) is 0 Å². The average Bonchev–Trinajstić information content (AvgIpc) is 2.26. The lowest BCUT2D eigenvalue weighted by Crippen LogP contribution is -2.01. The van der Waals surface area contributed by atoms with Crippen LogP contribution in [0.3, 0.4) is 0 Å². The zero-order chi connectivity index (χ0) is 11.8. The predicted molar refractivity (Wildman–Crippen MR) is 66.6 cm³/mol. The van der Waals surface area contributed by atoms with Gasteiger partial charge in [-0.25, -0.2) is 0 Å². The fraction of sp³-hybridized carbons (Fsp3) is 0.357. The number of allylic oxidation sites excluding steroid dienone is 1. The maximum absolute atomic E-state index is 10.8. The topological polar surface area (TPSA) is 26.3 Å². The van der Waals surface area contributed by atoms with Crippen LogP contribution < -0.4 is 4.74 Å². The molecule has 0 aliphatic carbocycles. The smallest absolute Gasteiger partial charge is 0.129 e. The van der Waals surface area contributed by atoms with Gasteiger partial charge in [0.2, 0.25) is 0 Å². The number of benzene rings is 1. The van der Waals surface area contributed by atoms with Gasteiger partial charge in [0.1, 0.15) is 11.5 Å². The first-order valence-electron chi connectivity index (χ1n) is 5.58. The van der Waals surface area contributed by atoms with E-state index in [0.29, 0.717) is 13.0 Å². The number of hydrogen-bond donors (Lipinski definition) is 0. The quantitative estimate of drug-likeness (QED) is 0.683. The van der Waals surface area contributed by atoms with Crippen LogP contribution in [-0.4, -0.2) is 12.4 Å². The van der Waals surface area contributed by atoms with Gasteiger partial charge in [0.05, 0.1) is 6.61 Å². The van der Waals surface area contributed by atoms with Crippen LogP contribution in [0.1, 0.15) is 32.3 Å². The Bertz CT molecular complexity index is 367. The number of ketones is 1. The Morgan fingerprint density at radius 2 is 2.12 bits per heavy atom. The summed E-state index contributed by atoms with van der Waals surface area (Å²) in [7, 11) is 0. The summed E-state index contributed by atoms with van der Waals surface area (Å²) in [4.78, 5) is 10.8. The highest BCUT2D eigenvalue weighted by atomic mass is 16.5. The summed E-state index contributed by atoms with van der Waals surface area (Å²) in [6.07, 6.45) is 5.36. The average molecular weight is 218 g/mol. The number of hydrogen-bond acceptors (Lipinski definition) is 2. The summed E-state index contributed by atoms with van der Waals surface area (Å²) in [6.45, 7) is 4.18. The number of carbonyl (C=O) groups is 1. The van der Waals surface area contributed by atoms with E-state index >= 15 is 0 Å². The molecule has 2 nitrogen and oxygen atoms in total. The fourth-order valence-electron chi connectivity index (χ4n) is 1.43. The van der Waals surface area contributed by atoms with Gasteiger partial charge in [-0.3, -0.25) is 0 Å². The molecule has 0 bridgehead atoms. The molecule has 0 N–H and O–H groups in total. The fourth-order valence-corrected chi connectivity index (χ4v) is 1.43. The van der Waals surface area contributed by atoms with E-state index in [0.717, 1.165) is 17.7 Å². The van der Waals surface area contributed by atoms with Crippen molar-refractivity contribution in [1.82, 2.24) is 0 Å². The van der Waals surface area contributed by atoms with Gasteiger partial charge in [0, 0.05) is 12.0 Å². The number of ether oxygens (including phenoxy) is 1. The molecule has 86 valence electrons. The van der Waals surface area contributed by atoms with E-state index in [1.807, 2.05) is 43.3 Å². The Labute approximate surface area is 96.9 Å². The standard InChI is InChI=1S/C14H18O2/c1-3-7-13-9-4-5-10-14(13)16-11-6-8-12(2)15/h3-5,7,9-10H,6,8,11H2,1-2H3/b7-3+. The number of Topliss-reactive ketones (excluding diaryl/α,β-unsaturated/α-hetero) is 1. The van der Waals surface area contributed by atoms with Crippen LogP contribution in [0.25, 0.3) is 6.08 Å². The molecule has 0 saturated carbocycles. The molecule has 0 saturated heterocycles. The molecule has 0 aliphatic heterocycles. The zero-order valence-corrected chi connectivity index (χ0v) is 9.90. The molecule has 0 amide bonds. The van der Waals surface area contributed by atoms with Crippen LogP contribution in [0.2, 0.25) is 0 Å². The number of rotatable bonds is 6. The van der Waals surface area contributed by atoms with Gasteiger partial charge < -0.3 is 9.53 Å². The molecule has 1 aromatic rings. The maximum Gasteiger partial charge on any atom is 0.129 e. The lowest BCUT2D eigenvalue weighted by Gasteiger charge is -2.08. The Morgan fingerprint density at radius 1 is 1.38 bits per heavy atom. The van der Waals surface area contributed by atoms with Crippen molar-refractivity contribution in [2.75, 3.05) is 6.61 Å². The number of carbonyl (C=O) groups excluding carboxylic acids is 1. The van der Waals surface area contributed by atoms with Crippen LogP contribution in [0.15, 0.2) is 30.3 Å². The van der Waals surface area contributed by atoms with Crippen molar-refractivity contribution in [2.45, 2.75) is 26.7 Å². The number of para-hydroxylation sites is 1. The first-order chi connectivity index (χ1) is 7.74. The highest BCUT2D eigenvalue weighted by Crippen LogP contribution is 2.19. The normalized spacial score (nSPS) is 10.6. The minimum atomic E-state index is 0.213. The van der Waals surface area contributed by atoms with Crippen LogP contribution >= 0.6 is 0 Å². The molecule has 0 fully saturated rings. The van der Waals surface area contributed by atoms with Gasteiger partial charge >= 0.3 is 0 Å². The van der Waals surface area contributed by atoms with E-state index in [1.54, 1.807) is 6.92 Å². The molecular weight excluding hydrogens is 200 g/mol. The van der Waals surface area contributed by atoms with E-state index in [-0.39, 0.29) is 5.78 Å². The van der Waals surface area contributed by atoms with Crippen molar-refractivity contribution in [3.63, 3.8) is 0 Å². The summed E-state index contributed by atoms with van der Waals surface area (Å²) in [5.41, 5.74) is 1.08. The van der Waals surface area contributed by atoms with Crippen LogP contribution in [0.5, 0.6) is 5.75 Å². The highest BCUT2D eigenvalue weighted by Gasteiger charge is 1.99. The largest absolute Gasteiger partial charge is 0.493 e. The lowest BCUT2D eigenvalue weighted by atomic mass is 10.2. The second kappa shape index (κ2) is 6.83. The van der Waals surface area contributed by atoms with Gasteiger partial charge in [-0.05, 0) is 26.3 Å². The van der Waals surface area contributed by atoms with Crippen molar-refractivity contribution in [2.24, 2.45) is 0 Å². The Hall–Kier alpha value is -1.57. The third-order valence-electron chi connectivity index (χ3n) is 2.20. The van der Waals surface area contributed by atoms with E-state index in [9.17, 15) is 4.79 Å². The molecule has 0 spiro atoms. The Balaban J connectivity index is 2.49. The van der Waals surface area contributed by atoms with Crippen molar-refractivity contribution >= 4 is 11.9 Å². The second-order valence-electron chi connectivity index (χ2n) is 3.69. The first-order valence-corrected chi connectivity index (χ1v) is 5.58. The summed E-state index contributed by atoms with van der Waals surface area (Å²) < 4.78 is 5.64. The first kappa shape index (κ1) is 12.5. The SMILES string of the molecule is C/C=C/c1ccccc1OCCCC(C)=O. The Morgan fingerprint density at radius 3 is 2.81 bits per heavy atom. The molecule has 16 heavy (non-hydrogen) atoms. The van der Waals surface area contributed by atoms with Crippen LogP contribution in [0, 0.1) is 0 Å². The maximum atomic E-state index is 10.8. The third-order valence-corrected chi connectivity index (χ3v) is 2.20. The third kappa shape index (κ3) is 4.30. The summed E-state index contributed by atoms with van der Waals surface area (Å²) in [6, 6.07) is 7.90. The van der Waals surface area contributed by atoms with Crippen LogP contribution in [0.4, 0.5) is 0 Å². The Kier molecular flexibility index (Phi) is 5.34. The van der Waals surface area contributed by atoms with E-state index in [4.69, 9.17) is 4.74 Å². The molecule has 0 unspecified atom stereocenters. The zero-order valence-electron chi connectivity index (χ0n) is 9.90. The van der Waals surface area contributed by atoms with Gasteiger partial charge in [0.25, 0.3) is 0 Å². The minimum absolute atomic E-state index is 0.213. The van der Waals surface area contributed by atoms with Gasteiger partial charge in [-0.1, -0.05) is 30.4 Å². The van der Waals surface area contributed by atoms with Crippen molar-refractivity contribution in [3.8, 4) is 5.75 Å².